The molecule has 0 aliphatic carbocycles. The number of ether oxygens (including phenoxy) is 1. The number of likely N-dealkylation sites (tertiary alicyclic amines) is 1. The highest BCUT2D eigenvalue weighted by molar-refractivity contribution is 6.30. The molecule has 3 aromatic rings. The van der Waals surface area contributed by atoms with Crippen molar-refractivity contribution in [3.63, 3.8) is 0 Å². The largest absolute Gasteiger partial charge is 0.468 e. The first-order chi connectivity index (χ1) is 15.5. The normalized spacial score (nSPS) is 16.0. The molecule has 1 aromatic carbocycles. The van der Waals surface area contributed by atoms with E-state index in [1.165, 1.54) is 0 Å². The Morgan fingerprint density at radius 3 is 2.72 bits per heavy atom. The van der Waals surface area contributed by atoms with Gasteiger partial charge in [0.25, 0.3) is 5.91 Å². The Morgan fingerprint density at radius 2 is 2.00 bits per heavy atom. The SMILES string of the molecule is CN(C)c1ncc(-c2ccc(Cl)cc2)c([C@@H]2CCCN(C(=O)COc3ccccn3)C2)n1. The van der Waals surface area contributed by atoms with Crippen LogP contribution in [0.4, 0.5) is 5.95 Å². The molecule has 1 aliphatic rings. The Bertz CT molecular complexity index is 1060. The summed E-state index contributed by atoms with van der Waals surface area (Å²) in [6.07, 6.45) is 5.37. The Labute approximate surface area is 193 Å². The van der Waals surface area contributed by atoms with Gasteiger partial charge in [0.2, 0.25) is 11.8 Å². The summed E-state index contributed by atoms with van der Waals surface area (Å²) in [5.41, 5.74) is 2.93. The monoisotopic (exact) mass is 451 g/mol. The number of benzene rings is 1. The second kappa shape index (κ2) is 9.96. The molecule has 4 rings (SSSR count). The van der Waals surface area contributed by atoms with E-state index in [2.05, 4.69) is 9.97 Å². The number of carbonyl (C=O) groups excluding carboxylic acids is 1. The summed E-state index contributed by atoms with van der Waals surface area (Å²) in [6, 6.07) is 13.1. The molecular formula is C24H26ClN5O2. The van der Waals surface area contributed by atoms with Crippen molar-refractivity contribution in [1.29, 1.82) is 0 Å². The first-order valence-corrected chi connectivity index (χ1v) is 11.0. The highest BCUT2D eigenvalue weighted by atomic mass is 35.5. The van der Waals surface area contributed by atoms with E-state index in [4.69, 9.17) is 21.3 Å². The first-order valence-electron chi connectivity index (χ1n) is 10.6. The van der Waals surface area contributed by atoms with Crippen LogP contribution >= 0.6 is 11.6 Å². The zero-order valence-electron chi connectivity index (χ0n) is 18.2. The summed E-state index contributed by atoms with van der Waals surface area (Å²) in [5.74, 6) is 1.16. The molecule has 8 heteroatoms. The second-order valence-electron chi connectivity index (χ2n) is 8.01. The Balaban J connectivity index is 1.55. The lowest BCUT2D eigenvalue weighted by Gasteiger charge is -2.33. The number of piperidine rings is 1. The van der Waals surface area contributed by atoms with Crippen LogP contribution in [0.1, 0.15) is 24.5 Å². The molecule has 1 atom stereocenters. The van der Waals surface area contributed by atoms with Gasteiger partial charge in [0.05, 0.1) is 5.69 Å². The van der Waals surface area contributed by atoms with Crippen LogP contribution < -0.4 is 9.64 Å². The van der Waals surface area contributed by atoms with Gasteiger partial charge < -0.3 is 14.5 Å². The van der Waals surface area contributed by atoms with Crippen LogP contribution in [0, 0.1) is 0 Å². The molecule has 0 spiro atoms. The van der Waals surface area contributed by atoms with Gasteiger partial charge in [-0.1, -0.05) is 29.8 Å². The van der Waals surface area contributed by atoms with Gasteiger partial charge in [0, 0.05) is 62.1 Å². The van der Waals surface area contributed by atoms with Gasteiger partial charge in [-0.3, -0.25) is 4.79 Å². The minimum atomic E-state index is -0.0460. The quantitative estimate of drug-likeness (QED) is 0.563. The third-order valence-corrected chi connectivity index (χ3v) is 5.75. The van der Waals surface area contributed by atoms with Crippen LogP contribution in [-0.4, -0.2) is 59.6 Å². The van der Waals surface area contributed by atoms with Gasteiger partial charge in [0.1, 0.15) is 0 Å². The van der Waals surface area contributed by atoms with Gasteiger partial charge in [-0.15, -0.1) is 0 Å². The van der Waals surface area contributed by atoms with Gasteiger partial charge in [-0.05, 0) is 36.6 Å². The van der Waals surface area contributed by atoms with Crippen LogP contribution in [-0.2, 0) is 4.79 Å². The molecule has 0 radical (unpaired) electrons. The van der Waals surface area contributed by atoms with Gasteiger partial charge in [-0.2, -0.15) is 0 Å². The Kier molecular flexibility index (Phi) is 6.85. The molecule has 1 amide bonds. The number of halogens is 1. The molecular weight excluding hydrogens is 426 g/mol. The van der Waals surface area contributed by atoms with Crippen molar-refractivity contribution in [3.8, 4) is 17.0 Å². The zero-order valence-corrected chi connectivity index (χ0v) is 19.0. The summed E-state index contributed by atoms with van der Waals surface area (Å²) < 4.78 is 5.57. The smallest absolute Gasteiger partial charge is 0.260 e. The molecule has 0 bridgehead atoms. The maximum atomic E-state index is 12.8. The van der Waals surface area contributed by atoms with E-state index in [-0.39, 0.29) is 18.4 Å². The molecule has 3 heterocycles. The standard InChI is InChI=1S/C24H26ClN5O2/c1-29(2)24-27-14-20(17-8-10-19(25)11-9-17)23(28-24)18-6-5-13-30(15-18)22(31)16-32-21-7-3-4-12-26-21/h3-4,7-12,14,18H,5-6,13,15-16H2,1-2H3/t18-/m1/s1. The van der Waals surface area contributed by atoms with Crippen LogP contribution in [0.5, 0.6) is 5.88 Å². The summed E-state index contributed by atoms with van der Waals surface area (Å²) in [4.78, 5) is 30.1. The summed E-state index contributed by atoms with van der Waals surface area (Å²) in [7, 11) is 3.85. The lowest BCUT2D eigenvalue weighted by atomic mass is 9.90. The number of carbonyl (C=O) groups is 1. The molecule has 7 nitrogen and oxygen atoms in total. The predicted molar refractivity (Wildman–Crippen MR) is 125 cm³/mol. The summed E-state index contributed by atoms with van der Waals surface area (Å²) >= 11 is 6.08. The molecule has 2 aromatic heterocycles. The molecule has 166 valence electrons. The number of hydrogen-bond donors (Lipinski definition) is 0. The summed E-state index contributed by atoms with van der Waals surface area (Å²) in [6.45, 7) is 1.28. The molecule has 0 saturated carbocycles. The molecule has 1 aliphatic heterocycles. The molecule has 0 unspecified atom stereocenters. The highest BCUT2D eigenvalue weighted by Gasteiger charge is 2.28. The number of pyridine rings is 1. The predicted octanol–water partition coefficient (Wildman–Crippen LogP) is 4.04. The van der Waals surface area contributed by atoms with E-state index in [0.717, 1.165) is 29.7 Å². The molecule has 1 saturated heterocycles. The van der Waals surface area contributed by atoms with Gasteiger partial charge >= 0.3 is 0 Å². The fraction of sp³-hybridized carbons (Fsp3) is 0.333. The number of nitrogens with zero attached hydrogens (tertiary/aromatic N) is 5. The van der Waals surface area contributed by atoms with E-state index in [1.54, 1.807) is 12.3 Å². The summed E-state index contributed by atoms with van der Waals surface area (Å²) in [5, 5.41) is 0.684. The van der Waals surface area contributed by atoms with Crippen LogP contribution in [0.2, 0.25) is 5.02 Å². The van der Waals surface area contributed by atoms with E-state index in [9.17, 15) is 4.79 Å². The van der Waals surface area contributed by atoms with Crippen LogP contribution in [0.15, 0.2) is 54.9 Å². The third-order valence-electron chi connectivity index (χ3n) is 5.50. The molecule has 0 N–H and O–H groups in total. The number of amides is 1. The minimum absolute atomic E-state index is 0.0273. The van der Waals surface area contributed by atoms with Crippen LogP contribution in [0.3, 0.4) is 0 Å². The number of anilines is 1. The van der Waals surface area contributed by atoms with Crippen molar-refractivity contribution in [2.24, 2.45) is 0 Å². The zero-order chi connectivity index (χ0) is 22.5. The fourth-order valence-electron chi connectivity index (χ4n) is 3.85. The van der Waals surface area contributed by atoms with E-state index in [1.807, 2.05) is 66.5 Å². The minimum Gasteiger partial charge on any atom is -0.468 e. The molecule has 32 heavy (non-hydrogen) atoms. The average Bonchev–Trinajstić information content (AvgIpc) is 2.83. The average molecular weight is 452 g/mol. The van der Waals surface area contributed by atoms with Crippen molar-refractivity contribution in [2.75, 3.05) is 38.7 Å². The fourth-order valence-corrected chi connectivity index (χ4v) is 3.98. The van der Waals surface area contributed by atoms with E-state index in [0.29, 0.717) is 29.9 Å². The third kappa shape index (κ3) is 5.16. The lowest BCUT2D eigenvalue weighted by molar-refractivity contribution is -0.134. The van der Waals surface area contributed by atoms with Crippen molar-refractivity contribution >= 4 is 23.5 Å². The molecule has 1 fully saturated rings. The van der Waals surface area contributed by atoms with E-state index >= 15 is 0 Å². The van der Waals surface area contributed by atoms with Crippen LogP contribution in [0.25, 0.3) is 11.1 Å². The number of hydrogen-bond acceptors (Lipinski definition) is 6. The maximum absolute atomic E-state index is 12.8. The van der Waals surface area contributed by atoms with Crippen molar-refractivity contribution in [1.82, 2.24) is 19.9 Å². The second-order valence-corrected chi connectivity index (χ2v) is 8.44. The topological polar surface area (TPSA) is 71.5 Å². The first kappa shape index (κ1) is 22.0. The van der Waals surface area contributed by atoms with E-state index < -0.39 is 0 Å². The Morgan fingerprint density at radius 1 is 1.19 bits per heavy atom. The lowest BCUT2D eigenvalue weighted by Crippen LogP contribution is -2.42. The number of rotatable bonds is 6. The van der Waals surface area contributed by atoms with Crippen molar-refractivity contribution in [2.45, 2.75) is 18.8 Å². The van der Waals surface area contributed by atoms with Gasteiger partial charge in [-0.25, -0.2) is 15.0 Å². The maximum Gasteiger partial charge on any atom is 0.260 e. The van der Waals surface area contributed by atoms with Crippen molar-refractivity contribution in [3.05, 3.63) is 65.6 Å². The van der Waals surface area contributed by atoms with Gasteiger partial charge in [0.15, 0.2) is 6.61 Å². The Hall–Kier alpha value is -3.19. The number of aromatic nitrogens is 3. The highest BCUT2D eigenvalue weighted by Crippen LogP contribution is 2.34. The van der Waals surface area contributed by atoms with Crippen molar-refractivity contribution < 1.29 is 9.53 Å².